The number of carbonyl (C=O) groups is 1. The molecule has 2 aromatic rings. The number of nitrogens with one attached hydrogen (secondary N) is 2. The summed E-state index contributed by atoms with van der Waals surface area (Å²) in [6.45, 7) is 3.58. The van der Waals surface area contributed by atoms with E-state index in [1.807, 2.05) is 49.4 Å². The van der Waals surface area contributed by atoms with E-state index in [1.54, 1.807) is 6.92 Å². The van der Waals surface area contributed by atoms with Crippen molar-refractivity contribution in [1.82, 2.24) is 5.32 Å². The highest BCUT2D eigenvalue weighted by Crippen LogP contribution is 2.22. The molecule has 0 aliphatic heterocycles. The minimum Gasteiger partial charge on any atom is -0.393 e. The minimum absolute atomic E-state index is 0.0787. The first-order chi connectivity index (χ1) is 9.56. The van der Waals surface area contributed by atoms with Gasteiger partial charge >= 0.3 is 6.03 Å². The van der Waals surface area contributed by atoms with Crippen LogP contribution in [0, 0.1) is 0 Å². The van der Waals surface area contributed by atoms with Crippen LogP contribution in [0.4, 0.5) is 10.5 Å². The molecule has 2 rings (SSSR count). The van der Waals surface area contributed by atoms with Gasteiger partial charge in [0.2, 0.25) is 0 Å². The topological polar surface area (TPSA) is 61.4 Å². The maximum atomic E-state index is 11.9. The van der Waals surface area contributed by atoms with Gasteiger partial charge in [-0.05, 0) is 31.7 Å². The van der Waals surface area contributed by atoms with Crippen LogP contribution in [0.2, 0.25) is 0 Å². The number of aliphatic hydroxyl groups excluding tert-OH is 1. The van der Waals surface area contributed by atoms with Gasteiger partial charge in [-0.15, -0.1) is 0 Å². The zero-order valence-corrected chi connectivity index (χ0v) is 11.8. The summed E-state index contributed by atoms with van der Waals surface area (Å²) in [6, 6.07) is 13.4. The zero-order valence-electron chi connectivity index (χ0n) is 11.8. The molecule has 0 aliphatic rings. The van der Waals surface area contributed by atoms with Crippen molar-refractivity contribution in [3.8, 4) is 0 Å². The van der Waals surface area contributed by atoms with E-state index in [-0.39, 0.29) is 12.1 Å². The highest BCUT2D eigenvalue weighted by Gasteiger charge is 2.10. The second-order valence-corrected chi connectivity index (χ2v) is 5.11. The predicted octanol–water partition coefficient (Wildman–Crippen LogP) is 3.12. The third-order valence-corrected chi connectivity index (χ3v) is 3.11. The molecule has 4 nitrogen and oxygen atoms in total. The summed E-state index contributed by atoms with van der Waals surface area (Å²) in [5.41, 5.74) is 0.782. The van der Waals surface area contributed by atoms with Crippen LogP contribution in [-0.4, -0.2) is 23.3 Å². The minimum atomic E-state index is -0.428. The first-order valence-corrected chi connectivity index (χ1v) is 6.79. The predicted molar refractivity (Wildman–Crippen MR) is 81.9 cm³/mol. The van der Waals surface area contributed by atoms with Gasteiger partial charge in [-0.2, -0.15) is 0 Å². The second-order valence-electron chi connectivity index (χ2n) is 5.11. The van der Waals surface area contributed by atoms with E-state index in [2.05, 4.69) is 10.6 Å². The Morgan fingerprint density at radius 3 is 2.60 bits per heavy atom. The van der Waals surface area contributed by atoms with Crippen LogP contribution >= 0.6 is 0 Å². The highest BCUT2D eigenvalue weighted by molar-refractivity contribution is 6.01. The molecule has 0 bridgehead atoms. The molecule has 0 heterocycles. The molecule has 106 valence electrons. The molecule has 4 heteroatoms. The fourth-order valence-electron chi connectivity index (χ4n) is 2.29. The Hall–Kier alpha value is -2.07. The van der Waals surface area contributed by atoms with Crippen LogP contribution in [-0.2, 0) is 0 Å². The molecule has 0 radical (unpaired) electrons. The quantitative estimate of drug-likeness (QED) is 0.800. The number of fused-ring (bicyclic) bond motifs is 1. The zero-order chi connectivity index (χ0) is 14.5. The van der Waals surface area contributed by atoms with Crippen molar-refractivity contribution >= 4 is 22.5 Å². The number of hydrogen-bond acceptors (Lipinski definition) is 2. The van der Waals surface area contributed by atoms with Gasteiger partial charge in [-0.3, -0.25) is 0 Å². The normalized spacial score (nSPS) is 13.8. The number of amides is 2. The van der Waals surface area contributed by atoms with Crippen molar-refractivity contribution < 1.29 is 9.90 Å². The Balaban J connectivity index is 2.06. The van der Waals surface area contributed by atoms with E-state index in [0.717, 1.165) is 16.5 Å². The average Bonchev–Trinajstić information content (AvgIpc) is 2.38. The molecule has 0 saturated carbocycles. The second kappa shape index (κ2) is 6.39. The fraction of sp³-hybridized carbons (Fsp3) is 0.312. The Kier molecular flexibility index (Phi) is 4.58. The number of hydrogen-bond donors (Lipinski definition) is 3. The van der Waals surface area contributed by atoms with E-state index in [4.69, 9.17) is 0 Å². The van der Waals surface area contributed by atoms with Crippen LogP contribution in [0.5, 0.6) is 0 Å². The van der Waals surface area contributed by atoms with Gasteiger partial charge < -0.3 is 15.7 Å². The molecule has 2 atom stereocenters. The first-order valence-electron chi connectivity index (χ1n) is 6.79. The van der Waals surface area contributed by atoms with E-state index in [0.29, 0.717) is 6.42 Å². The largest absolute Gasteiger partial charge is 0.393 e. The first kappa shape index (κ1) is 14.3. The van der Waals surface area contributed by atoms with Crippen LogP contribution in [0.25, 0.3) is 10.8 Å². The van der Waals surface area contributed by atoms with Gasteiger partial charge in [-0.25, -0.2) is 4.79 Å². The Labute approximate surface area is 118 Å². The lowest BCUT2D eigenvalue weighted by atomic mass is 10.1. The van der Waals surface area contributed by atoms with E-state index in [9.17, 15) is 9.90 Å². The number of urea groups is 1. The number of benzene rings is 2. The Morgan fingerprint density at radius 2 is 1.85 bits per heavy atom. The van der Waals surface area contributed by atoms with Gasteiger partial charge in [0.1, 0.15) is 0 Å². The van der Waals surface area contributed by atoms with Crippen molar-refractivity contribution in [3.63, 3.8) is 0 Å². The van der Waals surface area contributed by atoms with Crippen LogP contribution in [0.3, 0.4) is 0 Å². The summed E-state index contributed by atoms with van der Waals surface area (Å²) in [7, 11) is 0. The van der Waals surface area contributed by atoms with Crippen LogP contribution < -0.4 is 10.6 Å². The Morgan fingerprint density at radius 1 is 1.15 bits per heavy atom. The van der Waals surface area contributed by atoms with Crippen molar-refractivity contribution in [3.05, 3.63) is 42.5 Å². The summed E-state index contributed by atoms with van der Waals surface area (Å²) < 4.78 is 0. The molecule has 0 saturated heterocycles. The number of anilines is 1. The fourth-order valence-corrected chi connectivity index (χ4v) is 2.29. The molecule has 0 aromatic heterocycles. The lowest BCUT2D eigenvalue weighted by Crippen LogP contribution is -2.37. The van der Waals surface area contributed by atoms with Gasteiger partial charge in [-0.1, -0.05) is 36.4 Å². The monoisotopic (exact) mass is 272 g/mol. The van der Waals surface area contributed by atoms with Crippen molar-refractivity contribution in [2.75, 3.05) is 5.32 Å². The summed E-state index contributed by atoms with van der Waals surface area (Å²) in [5.74, 6) is 0. The van der Waals surface area contributed by atoms with Gasteiger partial charge in [0.05, 0.1) is 11.8 Å². The third kappa shape index (κ3) is 3.71. The summed E-state index contributed by atoms with van der Waals surface area (Å²) in [6.07, 6.45) is 0.103. The smallest absolute Gasteiger partial charge is 0.319 e. The molecule has 0 fully saturated rings. The lowest BCUT2D eigenvalue weighted by molar-refractivity contribution is 0.171. The maximum Gasteiger partial charge on any atom is 0.319 e. The molecule has 3 N–H and O–H groups in total. The molecule has 2 amide bonds. The maximum absolute atomic E-state index is 11.9. The molecule has 0 spiro atoms. The molecule has 20 heavy (non-hydrogen) atoms. The van der Waals surface area contributed by atoms with Crippen molar-refractivity contribution in [2.24, 2.45) is 0 Å². The van der Waals surface area contributed by atoms with Crippen molar-refractivity contribution in [1.29, 1.82) is 0 Å². The lowest BCUT2D eigenvalue weighted by Gasteiger charge is -2.16. The highest BCUT2D eigenvalue weighted by atomic mass is 16.3. The molecule has 2 aromatic carbocycles. The Bertz CT molecular complexity index is 591. The molecular formula is C16H20N2O2. The number of aliphatic hydroxyl groups is 1. The third-order valence-electron chi connectivity index (χ3n) is 3.11. The van der Waals surface area contributed by atoms with E-state index < -0.39 is 6.10 Å². The van der Waals surface area contributed by atoms with E-state index >= 15 is 0 Å². The number of carbonyl (C=O) groups excluding carboxylic acids is 1. The summed E-state index contributed by atoms with van der Waals surface area (Å²) >= 11 is 0. The van der Waals surface area contributed by atoms with E-state index in [1.165, 1.54) is 0 Å². The van der Waals surface area contributed by atoms with Crippen LogP contribution in [0.1, 0.15) is 20.3 Å². The molecule has 0 aliphatic carbocycles. The standard InChI is InChI=1S/C16H20N2O2/c1-11(10-12(2)19)17-16(20)18-15-9-5-7-13-6-3-4-8-14(13)15/h3-9,11-12,19H,10H2,1-2H3,(H2,17,18,20). The summed E-state index contributed by atoms with van der Waals surface area (Å²) in [4.78, 5) is 11.9. The molecule has 2 unspecified atom stereocenters. The van der Waals surface area contributed by atoms with Gasteiger partial charge in [0, 0.05) is 11.4 Å². The van der Waals surface area contributed by atoms with Gasteiger partial charge in [0.25, 0.3) is 0 Å². The summed E-state index contributed by atoms with van der Waals surface area (Å²) in [5, 5.41) is 17.1. The molecular weight excluding hydrogens is 252 g/mol. The average molecular weight is 272 g/mol. The van der Waals surface area contributed by atoms with Gasteiger partial charge in [0.15, 0.2) is 0 Å². The number of rotatable bonds is 4. The van der Waals surface area contributed by atoms with Crippen LogP contribution in [0.15, 0.2) is 42.5 Å². The SMILES string of the molecule is CC(O)CC(C)NC(=O)Nc1cccc2ccccc12. The van der Waals surface area contributed by atoms with Crippen molar-refractivity contribution in [2.45, 2.75) is 32.4 Å².